The molecule has 0 spiro atoms. The van der Waals surface area contributed by atoms with E-state index in [9.17, 15) is 4.79 Å². The van der Waals surface area contributed by atoms with Crippen molar-refractivity contribution in [3.63, 3.8) is 0 Å². The second-order valence-electron chi connectivity index (χ2n) is 10.2. The molecule has 0 saturated carbocycles. The lowest BCUT2D eigenvalue weighted by Gasteiger charge is -2.29. The maximum atomic E-state index is 12.7. The van der Waals surface area contributed by atoms with E-state index in [-0.39, 0.29) is 11.3 Å². The Labute approximate surface area is 214 Å². The molecule has 3 aromatic heterocycles. The van der Waals surface area contributed by atoms with E-state index in [2.05, 4.69) is 45.6 Å². The molecule has 0 atom stereocenters. The van der Waals surface area contributed by atoms with Gasteiger partial charge in [0.15, 0.2) is 17.1 Å². The van der Waals surface area contributed by atoms with E-state index < -0.39 is 5.56 Å². The van der Waals surface area contributed by atoms with E-state index in [0.29, 0.717) is 22.8 Å². The molecule has 0 amide bonds. The lowest BCUT2D eigenvalue weighted by molar-refractivity contribution is 0.226. The van der Waals surface area contributed by atoms with E-state index in [4.69, 9.17) is 10.2 Å². The van der Waals surface area contributed by atoms with Gasteiger partial charge in [0, 0.05) is 23.2 Å². The van der Waals surface area contributed by atoms with Crippen LogP contribution < -0.4 is 16.6 Å². The molecule has 9 heteroatoms. The summed E-state index contributed by atoms with van der Waals surface area (Å²) in [5.41, 5.74) is 11.4. The van der Waals surface area contributed by atoms with E-state index >= 15 is 0 Å². The molecule has 37 heavy (non-hydrogen) atoms. The number of furan rings is 1. The molecule has 1 aliphatic heterocycles. The fourth-order valence-electron chi connectivity index (χ4n) is 5.25. The molecule has 0 bridgehead atoms. The van der Waals surface area contributed by atoms with Gasteiger partial charge in [-0.3, -0.25) is 4.79 Å². The van der Waals surface area contributed by atoms with Crippen LogP contribution in [-0.2, 0) is 0 Å². The number of benzene rings is 2. The number of nitrogen functional groups attached to an aromatic ring is 1. The first kappa shape index (κ1) is 23.3. The largest absolute Gasteiger partial charge is 0.454 e. The van der Waals surface area contributed by atoms with Crippen molar-refractivity contribution in [1.82, 2.24) is 24.9 Å². The smallest absolute Gasteiger partial charge is 0.292 e. The third-order valence-corrected chi connectivity index (χ3v) is 7.49. The van der Waals surface area contributed by atoms with Crippen molar-refractivity contribution >= 4 is 33.4 Å². The first-order chi connectivity index (χ1) is 17.9. The minimum atomic E-state index is -0.398. The zero-order valence-electron chi connectivity index (χ0n) is 21.3. The highest BCUT2D eigenvalue weighted by Crippen LogP contribution is 2.39. The van der Waals surface area contributed by atoms with Crippen LogP contribution in [0.25, 0.3) is 39.0 Å². The zero-order valence-corrected chi connectivity index (χ0v) is 21.3. The summed E-state index contributed by atoms with van der Waals surface area (Å²) in [5, 5.41) is 16.2. The molecule has 190 valence electrons. The van der Waals surface area contributed by atoms with Crippen LogP contribution in [0.4, 0.5) is 11.5 Å². The normalized spacial score (nSPS) is 15.1. The van der Waals surface area contributed by atoms with Gasteiger partial charge in [0.1, 0.15) is 11.3 Å². The third-order valence-electron chi connectivity index (χ3n) is 7.49. The highest BCUT2D eigenvalue weighted by molar-refractivity contribution is 6.02. The number of fused-ring (bicyclic) bond motifs is 2. The van der Waals surface area contributed by atoms with Crippen LogP contribution in [0.2, 0.25) is 0 Å². The molecule has 1 saturated heterocycles. The summed E-state index contributed by atoms with van der Waals surface area (Å²) in [5.74, 6) is 1.50. The molecular formula is C28H31N7O2. The molecule has 6 rings (SSSR count). The average molecular weight is 498 g/mol. The van der Waals surface area contributed by atoms with Gasteiger partial charge in [0.05, 0.1) is 11.1 Å². The summed E-state index contributed by atoms with van der Waals surface area (Å²) in [6.45, 7) is 7.32. The monoisotopic (exact) mass is 497 g/mol. The minimum Gasteiger partial charge on any atom is -0.454 e. The molecule has 1 fully saturated rings. The zero-order chi connectivity index (χ0) is 25.7. The molecule has 0 unspecified atom stereocenters. The van der Waals surface area contributed by atoms with Crippen LogP contribution in [0, 0.1) is 19.8 Å². The van der Waals surface area contributed by atoms with E-state index in [0.717, 1.165) is 53.1 Å². The Kier molecular flexibility index (Phi) is 5.72. The molecular weight excluding hydrogens is 466 g/mol. The summed E-state index contributed by atoms with van der Waals surface area (Å²) >= 11 is 0. The number of nitrogens with two attached hydrogens (primary N) is 1. The Morgan fingerprint density at radius 1 is 1.14 bits per heavy atom. The molecule has 2 aromatic carbocycles. The van der Waals surface area contributed by atoms with Gasteiger partial charge in [0.2, 0.25) is 0 Å². The number of aromatic amines is 1. The second-order valence-corrected chi connectivity index (χ2v) is 10.2. The predicted octanol–water partition coefficient (Wildman–Crippen LogP) is 4.47. The van der Waals surface area contributed by atoms with Crippen LogP contribution >= 0.6 is 0 Å². The van der Waals surface area contributed by atoms with Gasteiger partial charge in [0.25, 0.3) is 5.56 Å². The maximum absolute atomic E-state index is 12.7. The van der Waals surface area contributed by atoms with E-state index in [1.165, 1.54) is 12.8 Å². The number of anilines is 2. The number of nitrogens with one attached hydrogen (secondary N) is 2. The quantitative estimate of drug-likeness (QED) is 0.328. The van der Waals surface area contributed by atoms with Gasteiger partial charge < -0.3 is 20.4 Å². The van der Waals surface area contributed by atoms with Gasteiger partial charge in [-0.1, -0.05) is 11.6 Å². The molecule has 0 aliphatic carbocycles. The molecule has 4 heterocycles. The topological polar surface area (TPSA) is 118 Å². The number of likely N-dealkylation sites (tertiary alicyclic amines) is 1. The Morgan fingerprint density at radius 3 is 2.65 bits per heavy atom. The van der Waals surface area contributed by atoms with Crippen LogP contribution in [0.1, 0.15) is 24.0 Å². The van der Waals surface area contributed by atoms with Crippen molar-refractivity contribution in [3.8, 4) is 17.1 Å². The van der Waals surface area contributed by atoms with Crippen molar-refractivity contribution < 1.29 is 4.42 Å². The Morgan fingerprint density at radius 2 is 1.89 bits per heavy atom. The summed E-state index contributed by atoms with van der Waals surface area (Å²) in [6, 6.07) is 14.1. The standard InChI is InChI=1S/C28H31N7O2/c1-16-4-9-22-21(14-16)17(2)26(37-22)25-23-24(28(36)32-31-27(23)29)33-35(25)20-7-5-19(6-8-20)30-15-18-10-12-34(3)13-11-18/h4-9,14,18,30H,10-13,15H2,1-3H3,(H2,29,31)(H,32,36). The first-order valence-corrected chi connectivity index (χ1v) is 12.7. The van der Waals surface area contributed by atoms with Gasteiger partial charge in [-0.15, -0.1) is 0 Å². The maximum Gasteiger partial charge on any atom is 0.292 e. The highest BCUT2D eigenvalue weighted by Gasteiger charge is 2.25. The van der Waals surface area contributed by atoms with Crippen LogP contribution in [0.3, 0.4) is 0 Å². The highest BCUT2D eigenvalue weighted by atomic mass is 16.3. The van der Waals surface area contributed by atoms with Crippen LogP contribution in [0.5, 0.6) is 0 Å². The number of H-pyrrole nitrogens is 1. The average Bonchev–Trinajstić information content (AvgIpc) is 3.45. The van der Waals surface area contributed by atoms with Crippen molar-refractivity contribution in [2.75, 3.05) is 37.7 Å². The summed E-state index contributed by atoms with van der Waals surface area (Å²) in [6.07, 6.45) is 2.43. The number of piperidine rings is 1. The number of rotatable bonds is 5. The number of hydrogen-bond acceptors (Lipinski definition) is 7. The minimum absolute atomic E-state index is 0.198. The Hall–Kier alpha value is -4.11. The van der Waals surface area contributed by atoms with Gasteiger partial charge in [-0.2, -0.15) is 10.2 Å². The van der Waals surface area contributed by atoms with Crippen LogP contribution in [0.15, 0.2) is 51.7 Å². The predicted molar refractivity (Wildman–Crippen MR) is 147 cm³/mol. The van der Waals surface area contributed by atoms with Gasteiger partial charge in [-0.25, -0.2) is 9.78 Å². The van der Waals surface area contributed by atoms with Crippen molar-refractivity contribution in [2.45, 2.75) is 26.7 Å². The molecule has 5 aromatic rings. The molecule has 4 N–H and O–H groups in total. The Balaban J connectivity index is 1.41. The summed E-state index contributed by atoms with van der Waals surface area (Å²) in [4.78, 5) is 15.1. The van der Waals surface area contributed by atoms with Crippen molar-refractivity contribution in [3.05, 3.63) is 63.9 Å². The molecule has 1 aliphatic rings. The number of aryl methyl sites for hydroxylation is 2. The van der Waals surface area contributed by atoms with Crippen molar-refractivity contribution in [2.24, 2.45) is 5.92 Å². The number of hydrogen-bond donors (Lipinski definition) is 3. The SMILES string of the molecule is Cc1ccc2oc(-c3c4c(N)n[nH]c(=O)c4nn3-c3ccc(NCC4CCN(C)CC4)cc3)c(C)c2c1. The number of aromatic nitrogens is 4. The first-order valence-electron chi connectivity index (χ1n) is 12.7. The van der Waals surface area contributed by atoms with Crippen LogP contribution in [-0.4, -0.2) is 51.6 Å². The van der Waals surface area contributed by atoms with Gasteiger partial charge in [-0.05, 0) is 89.1 Å². The summed E-state index contributed by atoms with van der Waals surface area (Å²) < 4.78 is 8.06. The lowest BCUT2D eigenvalue weighted by Crippen LogP contribution is -2.32. The van der Waals surface area contributed by atoms with Gasteiger partial charge >= 0.3 is 0 Å². The number of nitrogens with zero attached hydrogens (tertiary/aromatic N) is 4. The second kappa shape index (κ2) is 9.08. The summed E-state index contributed by atoms with van der Waals surface area (Å²) in [7, 11) is 2.18. The van der Waals surface area contributed by atoms with E-state index in [1.54, 1.807) is 4.68 Å². The fraction of sp³-hybridized carbons (Fsp3) is 0.321. The fourth-order valence-corrected chi connectivity index (χ4v) is 5.25. The van der Waals surface area contributed by atoms with Crippen molar-refractivity contribution in [1.29, 1.82) is 0 Å². The third kappa shape index (κ3) is 4.15. The van der Waals surface area contributed by atoms with E-state index in [1.807, 2.05) is 43.3 Å². The molecule has 9 nitrogen and oxygen atoms in total. The molecule has 0 radical (unpaired) electrons. The Bertz CT molecular complexity index is 1650. The lowest BCUT2D eigenvalue weighted by atomic mass is 9.97.